The molecule has 0 amide bonds. The van der Waals surface area contributed by atoms with E-state index in [1.807, 2.05) is 0 Å². The lowest BCUT2D eigenvalue weighted by molar-refractivity contribution is 1.13. The van der Waals surface area contributed by atoms with Crippen molar-refractivity contribution in [1.82, 2.24) is 9.97 Å². The van der Waals surface area contributed by atoms with Crippen LogP contribution in [-0.4, -0.2) is 9.97 Å². The summed E-state index contributed by atoms with van der Waals surface area (Å²) in [5.74, 6) is 1.21. The molecule has 0 radical (unpaired) electrons. The molecule has 19 heavy (non-hydrogen) atoms. The predicted octanol–water partition coefficient (Wildman–Crippen LogP) is 3.51. The van der Waals surface area contributed by atoms with E-state index in [4.69, 9.17) is 11.0 Å². The molecule has 1 aliphatic rings. The van der Waals surface area contributed by atoms with Gasteiger partial charge in [0.15, 0.2) is 5.82 Å². The van der Waals surface area contributed by atoms with Gasteiger partial charge in [-0.05, 0) is 40.3 Å². The summed E-state index contributed by atoms with van der Waals surface area (Å²) in [4.78, 5) is 8.46. The zero-order valence-electron chi connectivity index (χ0n) is 10.3. The van der Waals surface area contributed by atoms with Crippen LogP contribution >= 0.6 is 15.9 Å². The summed E-state index contributed by atoms with van der Waals surface area (Å²) in [5.41, 5.74) is 8.96. The normalized spacial score (nSPS) is 13.4. The van der Waals surface area contributed by atoms with Crippen LogP contribution in [0.15, 0.2) is 35.1 Å². The molecule has 3 rings (SSSR count). The number of rotatable bonds is 2. The van der Waals surface area contributed by atoms with Crippen molar-refractivity contribution in [2.45, 2.75) is 18.8 Å². The van der Waals surface area contributed by atoms with Crippen molar-refractivity contribution >= 4 is 21.7 Å². The third kappa shape index (κ3) is 3.09. The first-order valence-corrected chi connectivity index (χ1v) is 6.67. The first kappa shape index (κ1) is 13.5. The Morgan fingerprint density at radius 1 is 1.21 bits per heavy atom. The summed E-state index contributed by atoms with van der Waals surface area (Å²) in [6.45, 7) is 3.50. The van der Waals surface area contributed by atoms with Gasteiger partial charge >= 0.3 is 0 Å². The molecule has 2 N–H and O–H groups in total. The van der Waals surface area contributed by atoms with Crippen LogP contribution in [0.2, 0.25) is 0 Å². The van der Waals surface area contributed by atoms with Crippen LogP contribution in [-0.2, 0) is 0 Å². The van der Waals surface area contributed by atoms with Gasteiger partial charge in [0.05, 0.1) is 11.9 Å². The molecular formula is C14H13BrN4. The molecule has 1 heterocycles. The van der Waals surface area contributed by atoms with E-state index < -0.39 is 0 Å². The van der Waals surface area contributed by atoms with E-state index in [2.05, 4.69) is 56.7 Å². The number of aromatic nitrogens is 2. The van der Waals surface area contributed by atoms with Crippen LogP contribution in [0, 0.1) is 11.8 Å². The van der Waals surface area contributed by atoms with Crippen molar-refractivity contribution in [2.75, 3.05) is 5.73 Å². The smallest absolute Gasteiger partial charge is 0.156 e. The fraction of sp³-hybridized carbons (Fsp3) is 0.214. The van der Waals surface area contributed by atoms with Gasteiger partial charge in [-0.2, -0.15) is 0 Å². The molecule has 0 atom stereocenters. The molecule has 1 aromatic heterocycles. The van der Waals surface area contributed by atoms with Gasteiger partial charge in [0.2, 0.25) is 0 Å². The summed E-state index contributed by atoms with van der Waals surface area (Å²) in [7, 11) is 0. The molecule has 1 aliphatic carbocycles. The van der Waals surface area contributed by atoms with Gasteiger partial charge in [0.25, 0.3) is 0 Å². The highest BCUT2D eigenvalue weighted by molar-refractivity contribution is 9.10. The van der Waals surface area contributed by atoms with Crippen LogP contribution in [0.1, 0.15) is 24.3 Å². The average molecular weight is 317 g/mol. The van der Waals surface area contributed by atoms with Gasteiger partial charge < -0.3 is 5.73 Å². The lowest BCUT2D eigenvalue weighted by Crippen LogP contribution is -1.95. The number of anilines is 1. The molecule has 2 aromatic rings. The molecule has 0 saturated heterocycles. The van der Waals surface area contributed by atoms with Gasteiger partial charge in [0.1, 0.15) is 4.60 Å². The minimum atomic E-state index is 0.420. The number of nitriles is 1. The maximum atomic E-state index is 6.50. The number of nitrogens with two attached hydrogens (primary N) is 1. The van der Waals surface area contributed by atoms with E-state index in [9.17, 15) is 0 Å². The van der Waals surface area contributed by atoms with Gasteiger partial charge in [-0.3, -0.25) is 0 Å². The highest BCUT2D eigenvalue weighted by Crippen LogP contribution is 2.40. The molecule has 5 heteroatoms. The third-order valence-electron chi connectivity index (χ3n) is 3.01. The topological polar surface area (TPSA) is 75.6 Å². The zero-order valence-corrected chi connectivity index (χ0v) is 11.8. The standard InChI is InChI=1S/C13H12BrN3.CHN/c14-12-13(15)16-7-11(17-12)10-5-3-9(4-6-10)8-1-2-8;1-2/h3-8H,1-2H2,(H2,15,16);1H. The van der Waals surface area contributed by atoms with E-state index in [0.29, 0.717) is 10.4 Å². The highest BCUT2D eigenvalue weighted by atomic mass is 79.9. The Balaban J connectivity index is 0.000000637. The second-order valence-corrected chi connectivity index (χ2v) is 5.08. The van der Waals surface area contributed by atoms with Crippen LogP contribution in [0.4, 0.5) is 5.82 Å². The van der Waals surface area contributed by atoms with Gasteiger partial charge in [-0.1, -0.05) is 24.3 Å². The lowest BCUT2D eigenvalue weighted by atomic mass is 10.1. The second kappa shape index (κ2) is 5.81. The molecule has 96 valence electrons. The van der Waals surface area contributed by atoms with E-state index in [-0.39, 0.29) is 0 Å². The minimum absolute atomic E-state index is 0.420. The van der Waals surface area contributed by atoms with Crippen molar-refractivity contribution < 1.29 is 0 Å². The van der Waals surface area contributed by atoms with Crippen molar-refractivity contribution in [3.05, 3.63) is 40.6 Å². The Labute approximate surface area is 120 Å². The summed E-state index contributed by atoms with van der Waals surface area (Å²) in [6.07, 6.45) is 4.35. The fourth-order valence-electron chi connectivity index (χ4n) is 1.86. The number of benzene rings is 1. The molecule has 0 bridgehead atoms. The molecule has 0 unspecified atom stereocenters. The van der Waals surface area contributed by atoms with Gasteiger partial charge in [0, 0.05) is 12.1 Å². The van der Waals surface area contributed by atoms with Crippen LogP contribution in [0.25, 0.3) is 11.3 Å². The highest BCUT2D eigenvalue weighted by Gasteiger charge is 2.23. The molecule has 0 aliphatic heterocycles. The molecule has 1 fully saturated rings. The minimum Gasteiger partial charge on any atom is -0.381 e. The van der Waals surface area contributed by atoms with E-state index >= 15 is 0 Å². The van der Waals surface area contributed by atoms with Crippen LogP contribution in [0.5, 0.6) is 0 Å². The quantitative estimate of drug-likeness (QED) is 0.919. The Morgan fingerprint density at radius 3 is 2.37 bits per heavy atom. The van der Waals surface area contributed by atoms with Crippen molar-refractivity contribution in [1.29, 1.82) is 5.26 Å². The van der Waals surface area contributed by atoms with Crippen LogP contribution in [0.3, 0.4) is 0 Å². The molecule has 0 spiro atoms. The first-order valence-electron chi connectivity index (χ1n) is 5.88. The Bertz CT molecular complexity index is 588. The number of nitrogens with zero attached hydrogens (tertiary/aromatic N) is 3. The number of hydrogen-bond donors (Lipinski definition) is 1. The van der Waals surface area contributed by atoms with Gasteiger partial charge in [-0.25, -0.2) is 15.2 Å². The monoisotopic (exact) mass is 316 g/mol. The maximum Gasteiger partial charge on any atom is 0.156 e. The largest absolute Gasteiger partial charge is 0.381 e. The predicted molar refractivity (Wildman–Crippen MR) is 78.2 cm³/mol. The molecule has 1 saturated carbocycles. The third-order valence-corrected chi connectivity index (χ3v) is 3.59. The average Bonchev–Trinajstić information content (AvgIpc) is 3.29. The summed E-state index contributed by atoms with van der Waals surface area (Å²) in [5, 5.41) is 6.50. The van der Waals surface area contributed by atoms with Crippen LogP contribution < -0.4 is 5.73 Å². The number of halogens is 1. The van der Waals surface area contributed by atoms with E-state index in [1.165, 1.54) is 18.4 Å². The molecular weight excluding hydrogens is 304 g/mol. The Kier molecular flexibility index (Phi) is 4.13. The Morgan fingerprint density at radius 2 is 1.84 bits per heavy atom. The first-order chi connectivity index (χ1) is 9.24. The summed E-state index contributed by atoms with van der Waals surface area (Å²) in [6, 6.07) is 8.55. The molecule has 4 nitrogen and oxygen atoms in total. The Hall–Kier alpha value is -1.93. The second-order valence-electron chi connectivity index (χ2n) is 4.33. The summed E-state index contributed by atoms with van der Waals surface area (Å²) < 4.78 is 0.598. The maximum absolute atomic E-state index is 6.50. The number of hydrogen-bond acceptors (Lipinski definition) is 4. The molecule has 1 aromatic carbocycles. The van der Waals surface area contributed by atoms with E-state index in [1.54, 1.807) is 6.20 Å². The summed E-state index contributed by atoms with van der Waals surface area (Å²) >= 11 is 3.29. The van der Waals surface area contributed by atoms with Gasteiger partial charge in [-0.15, -0.1) is 0 Å². The van der Waals surface area contributed by atoms with Crippen molar-refractivity contribution in [2.24, 2.45) is 0 Å². The SMILES string of the molecule is C#N.Nc1ncc(-c2ccc(C3CC3)cc2)nc1Br. The van der Waals surface area contributed by atoms with E-state index in [0.717, 1.165) is 17.2 Å². The van der Waals surface area contributed by atoms with Crippen molar-refractivity contribution in [3.63, 3.8) is 0 Å². The lowest BCUT2D eigenvalue weighted by Gasteiger charge is -2.04. The fourth-order valence-corrected chi connectivity index (χ4v) is 2.15. The zero-order chi connectivity index (χ0) is 13.8. The van der Waals surface area contributed by atoms with Crippen molar-refractivity contribution in [3.8, 4) is 17.8 Å². The number of nitrogen functional groups attached to an aromatic ring is 1.